The number of hydrogen-bond acceptors (Lipinski definition) is 5. The highest BCUT2D eigenvalue weighted by Gasteiger charge is 2.36. The van der Waals surface area contributed by atoms with Gasteiger partial charge in [-0.2, -0.15) is 0 Å². The Balaban J connectivity index is 1.87. The third-order valence-corrected chi connectivity index (χ3v) is 4.43. The zero-order valence-electron chi connectivity index (χ0n) is 14.5. The summed E-state index contributed by atoms with van der Waals surface area (Å²) in [5.74, 6) is -4.20. The Kier molecular flexibility index (Phi) is 5.20. The number of ether oxygens (including phenoxy) is 1. The fraction of sp³-hybridized carbons (Fsp3) is 0.389. The normalized spacial score (nSPS) is 19.6. The van der Waals surface area contributed by atoms with Crippen LogP contribution in [-0.2, 0) is 14.3 Å². The van der Waals surface area contributed by atoms with E-state index in [0.29, 0.717) is 0 Å². The molecule has 27 heavy (non-hydrogen) atoms. The smallest absolute Gasteiger partial charge is 0.414 e. The van der Waals surface area contributed by atoms with E-state index in [1.54, 1.807) is 0 Å². The van der Waals surface area contributed by atoms with Gasteiger partial charge in [0.05, 0.1) is 12.2 Å². The summed E-state index contributed by atoms with van der Waals surface area (Å²) >= 11 is 0. The van der Waals surface area contributed by atoms with Gasteiger partial charge in [-0.1, -0.05) is 0 Å². The average Bonchev–Trinajstić information content (AvgIpc) is 2.98. The average molecular weight is 382 g/mol. The van der Waals surface area contributed by atoms with Crippen LogP contribution in [0.3, 0.4) is 0 Å². The van der Waals surface area contributed by atoms with Crippen molar-refractivity contribution in [2.24, 2.45) is 0 Å². The van der Waals surface area contributed by atoms with E-state index in [-0.39, 0.29) is 43.9 Å². The molecule has 0 saturated carbocycles. The number of benzene rings is 1. The van der Waals surface area contributed by atoms with Crippen molar-refractivity contribution in [3.8, 4) is 0 Å². The van der Waals surface area contributed by atoms with Gasteiger partial charge in [0.15, 0.2) is 23.2 Å². The van der Waals surface area contributed by atoms with Crippen LogP contribution in [0.5, 0.6) is 0 Å². The summed E-state index contributed by atoms with van der Waals surface area (Å²) in [6.45, 7) is 1.29. The lowest BCUT2D eigenvalue weighted by Crippen LogP contribution is -2.29. The summed E-state index contributed by atoms with van der Waals surface area (Å²) in [5.41, 5.74) is -1.19. The molecule has 1 amide bonds. The standard InChI is InChI=1S/C18H17F3N2O4/c1-10(24)2-3-12-9-23(18(26)27-12)14-8-13(19)17(16(21)15(14)20)22-6-4-11(25)5-7-22/h4,6,8,12H,2-3,5,7,9H2,1H3/t12-/m0/s1. The fourth-order valence-electron chi connectivity index (χ4n) is 3.01. The van der Waals surface area contributed by atoms with Crippen LogP contribution in [-0.4, -0.2) is 36.9 Å². The number of hydrogen-bond donors (Lipinski definition) is 0. The third kappa shape index (κ3) is 3.81. The van der Waals surface area contributed by atoms with Gasteiger partial charge in [-0.25, -0.2) is 18.0 Å². The number of allylic oxidation sites excluding steroid dienone is 1. The van der Waals surface area contributed by atoms with Crippen LogP contribution in [0.2, 0.25) is 0 Å². The Bertz CT molecular complexity index is 840. The molecule has 0 aliphatic carbocycles. The van der Waals surface area contributed by atoms with Gasteiger partial charge in [-0.3, -0.25) is 9.69 Å². The molecule has 1 aromatic carbocycles. The zero-order valence-corrected chi connectivity index (χ0v) is 14.5. The van der Waals surface area contributed by atoms with Crippen LogP contribution in [0, 0.1) is 17.5 Å². The second kappa shape index (κ2) is 7.42. The first-order valence-corrected chi connectivity index (χ1v) is 8.40. The molecule has 1 aromatic rings. The molecule has 9 heteroatoms. The van der Waals surface area contributed by atoms with Crippen molar-refractivity contribution in [3.63, 3.8) is 0 Å². The molecule has 2 aliphatic heterocycles. The summed E-state index contributed by atoms with van der Waals surface area (Å²) in [7, 11) is 0. The molecule has 0 bridgehead atoms. The Labute approximate surface area is 153 Å². The number of carbonyl (C=O) groups is 3. The fourth-order valence-corrected chi connectivity index (χ4v) is 3.01. The van der Waals surface area contributed by atoms with Gasteiger partial charge in [-0.15, -0.1) is 0 Å². The van der Waals surface area contributed by atoms with E-state index in [1.165, 1.54) is 13.1 Å². The number of anilines is 2. The van der Waals surface area contributed by atoms with Crippen molar-refractivity contribution in [2.75, 3.05) is 22.9 Å². The first-order chi connectivity index (χ1) is 12.8. The van der Waals surface area contributed by atoms with Crippen LogP contribution in [0.25, 0.3) is 0 Å². The first kappa shape index (κ1) is 18.9. The largest absolute Gasteiger partial charge is 0.444 e. The van der Waals surface area contributed by atoms with Gasteiger partial charge in [0.1, 0.15) is 17.6 Å². The van der Waals surface area contributed by atoms with Gasteiger partial charge in [0.2, 0.25) is 0 Å². The minimum atomic E-state index is -1.45. The zero-order chi connectivity index (χ0) is 19.7. The lowest BCUT2D eigenvalue weighted by atomic mass is 10.1. The van der Waals surface area contributed by atoms with Crippen molar-refractivity contribution in [3.05, 3.63) is 35.8 Å². The maximum absolute atomic E-state index is 14.6. The van der Waals surface area contributed by atoms with Crippen molar-refractivity contribution in [1.82, 2.24) is 0 Å². The van der Waals surface area contributed by atoms with E-state index in [1.807, 2.05) is 0 Å². The number of nitrogens with zero attached hydrogens (tertiary/aromatic N) is 2. The highest BCUT2D eigenvalue weighted by atomic mass is 19.2. The molecule has 0 aromatic heterocycles. The van der Waals surface area contributed by atoms with Gasteiger partial charge < -0.3 is 14.4 Å². The van der Waals surface area contributed by atoms with Crippen LogP contribution in [0.1, 0.15) is 26.2 Å². The predicted molar refractivity (Wildman–Crippen MR) is 90.0 cm³/mol. The quantitative estimate of drug-likeness (QED) is 0.732. The van der Waals surface area contributed by atoms with Crippen LogP contribution in [0.4, 0.5) is 29.3 Å². The number of ketones is 2. The Hall–Kier alpha value is -2.84. The molecule has 1 saturated heterocycles. The monoisotopic (exact) mass is 382 g/mol. The molecule has 1 atom stereocenters. The molecule has 2 heterocycles. The molecule has 2 aliphatic rings. The molecule has 3 rings (SSSR count). The van der Waals surface area contributed by atoms with Crippen LogP contribution < -0.4 is 9.80 Å². The summed E-state index contributed by atoms with van der Waals surface area (Å²) < 4.78 is 48.7. The molecule has 0 N–H and O–H groups in total. The van der Waals surface area contributed by atoms with E-state index < -0.39 is 41.0 Å². The van der Waals surface area contributed by atoms with Crippen molar-refractivity contribution in [1.29, 1.82) is 0 Å². The molecule has 1 fully saturated rings. The van der Waals surface area contributed by atoms with E-state index in [0.717, 1.165) is 21.9 Å². The van der Waals surface area contributed by atoms with E-state index in [9.17, 15) is 27.6 Å². The van der Waals surface area contributed by atoms with Gasteiger partial charge in [0, 0.05) is 31.7 Å². The summed E-state index contributed by atoms with van der Waals surface area (Å²) in [6.07, 6.45) is 1.22. The summed E-state index contributed by atoms with van der Waals surface area (Å²) in [6, 6.07) is 0.729. The topological polar surface area (TPSA) is 66.9 Å². The summed E-state index contributed by atoms with van der Waals surface area (Å²) in [4.78, 5) is 36.1. The first-order valence-electron chi connectivity index (χ1n) is 8.40. The highest BCUT2D eigenvalue weighted by Crippen LogP contribution is 2.35. The SMILES string of the molecule is CC(=O)CC[C@H]1CN(c2cc(F)c(N3C=CC(=O)CC3)c(F)c2F)C(=O)O1. The van der Waals surface area contributed by atoms with Crippen molar-refractivity contribution in [2.45, 2.75) is 32.3 Å². The molecule has 6 nitrogen and oxygen atoms in total. The van der Waals surface area contributed by atoms with E-state index in [2.05, 4.69) is 0 Å². The third-order valence-electron chi connectivity index (χ3n) is 4.43. The number of Topliss-reactive ketones (excluding diaryl/α,β-unsaturated/α-hetero) is 1. The highest BCUT2D eigenvalue weighted by molar-refractivity contribution is 5.92. The Morgan fingerprint density at radius 1 is 1.26 bits per heavy atom. The molecular weight excluding hydrogens is 365 g/mol. The maximum atomic E-state index is 14.6. The number of amides is 1. The van der Waals surface area contributed by atoms with E-state index in [4.69, 9.17) is 4.74 Å². The number of rotatable bonds is 5. The lowest BCUT2D eigenvalue weighted by molar-refractivity contribution is -0.117. The minimum absolute atomic E-state index is 0.0147. The van der Waals surface area contributed by atoms with Crippen LogP contribution >= 0.6 is 0 Å². The number of halogens is 3. The van der Waals surface area contributed by atoms with E-state index >= 15 is 0 Å². The minimum Gasteiger partial charge on any atom is -0.444 e. The summed E-state index contributed by atoms with van der Waals surface area (Å²) in [5, 5.41) is 0. The predicted octanol–water partition coefficient (Wildman–Crippen LogP) is 3.09. The van der Waals surface area contributed by atoms with Gasteiger partial charge >= 0.3 is 6.09 Å². The Morgan fingerprint density at radius 2 is 2.00 bits per heavy atom. The van der Waals surface area contributed by atoms with Crippen LogP contribution in [0.15, 0.2) is 18.3 Å². The second-order valence-corrected chi connectivity index (χ2v) is 6.44. The lowest BCUT2D eigenvalue weighted by Gasteiger charge is -2.25. The van der Waals surface area contributed by atoms with Gasteiger partial charge in [-0.05, 0) is 19.4 Å². The molecular formula is C18H17F3N2O4. The Morgan fingerprint density at radius 3 is 2.63 bits per heavy atom. The molecule has 0 radical (unpaired) electrons. The molecule has 0 spiro atoms. The van der Waals surface area contributed by atoms with Gasteiger partial charge in [0.25, 0.3) is 0 Å². The van der Waals surface area contributed by atoms with Crippen molar-refractivity contribution >= 4 is 29.0 Å². The second-order valence-electron chi connectivity index (χ2n) is 6.44. The number of carbonyl (C=O) groups excluding carboxylic acids is 3. The molecule has 144 valence electrons. The van der Waals surface area contributed by atoms with Crippen molar-refractivity contribution < 1.29 is 32.3 Å². The molecule has 0 unspecified atom stereocenters. The number of cyclic esters (lactones) is 1. The maximum Gasteiger partial charge on any atom is 0.414 e.